The molecule has 164 valence electrons. The average Bonchev–Trinajstić information content (AvgIpc) is 3.34. The van der Waals surface area contributed by atoms with Crippen molar-refractivity contribution in [3.05, 3.63) is 47.0 Å². The molecule has 1 aliphatic rings. The van der Waals surface area contributed by atoms with Crippen molar-refractivity contribution in [2.45, 2.75) is 26.9 Å². The first-order valence-electron chi connectivity index (χ1n) is 10.6. The van der Waals surface area contributed by atoms with E-state index in [1.54, 1.807) is 17.0 Å². The summed E-state index contributed by atoms with van der Waals surface area (Å²) < 4.78 is 5.74. The predicted molar refractivity (Wildman–Crippen MR) is 121 cm³/mol. The molecule has 2 heterocycles. The summed E-state index contributed by atoms with van der Waals surface area (Å²) in [5, 5.41) is 24.8. The maximum atomic E-state index is 13.3. The van der Waals surface area contributed by atoms with E-state index in [9.17, 15) is 9.90 Å². The van der Waals surface area contributed by atoms with E-state index in [4.69, 9.17) is 4.74 Å². The molecule has 0 bridgehead atoms. The number of hydrogen-bond acceptors (Lipinski definition) is 6. The zero-order chi connectivity index (χ0) is 22.0. The highest BCUT2D eigenvalue weighted by Gasteiger charge is 2.27. The topological polar surface area (TPSA) is 103 Å². The number of fused-ring (bicyclic) bond motifs is 2. The number of carbonyl (C=O) groups excluding carboxylic acids is 1. The fraction of sp³-hybridized carbons (Fsp3) is 0.391. The molecule has 31 heavy (non-hydrogen) atoms. The van der Waals surface area contributed by atoms with E-state index >= 15 is 0 Å². The molecule has 0 atom stereocenters. The number of aromatic hydroxyl groups is 1. The average molecular weight is 424 g/mol. The van der Waals surface area contributed by atoms with Gasteiger partial charge < -0.3 is 25.4 Å². The van der Waals surface area contributed by atoms with Gasteiger partial charge in [-0.2, -0.15) is 5.10 Å². The van der Waals surface area contributed by atoms with Gasteiger partial charge in [-0.05, 0) is 42.3 Å². The molecule has 0 spiro atoms. The van der Waals surface area contributed by atoms with Crippen LogP contribution in [0.2, 0.25) is 0 Å². The Morgan fingerprint density at radius 1 is 1.26 bits per heavy atom. The molecular formula is C23H29N5O3. The van der Waals surface area contributed by atoms with Crippen molar-refractivity contribution >= 4 is 22.6 Å². The number of aromatic nitrogens is 2. The van der Waals surface area contributed by atoms with Crippen LogP contribution in [-0.2, 0) is 13.1 Å². The van der Waals surface area contributed by atoms with Crippen LogP contribution in [-0.4, -0.2) is 52.9 Å². The lowest BCUT2D eigenvalue weighted by Gasteiger charge is -2.16. The summed E-state index contributed by atoms with van der Waals surface area (Å²) in [5.41, 5.74) is 3.13. The van der Waals surface area contributed by atoms with E-state index in [-0.39, 0.29) is 17.2 Å². The van der Waals surface area contributed by atoms with Crippen LogP contribution in [0.4, 0.5) is 5.82 Å². The van der Waals surface area contributed by atoms with Gasteiger partial charge >= 0.3 is 0 Å². The number of nitrogens with zero attached hydrogens (tertiary/aromatic N) is 2. The largest absolute Gasteiger partial charge is 0.507 e. The summed E-state index contributed by atoms with van der Waals surface area (Å²) in [5.74, 6) is 1.69. The van der Waals surface area contributed by atoms with Gasteiger partial charge in [0.1, 0.15) is 18.1 Å². The minimum absolute atomic E-state index is 0.0522. The molecule has 0 aliphatic carbocycles. The molecule has 8 nitrogen and oxygen atoms in total. The Bertz CT molecular complexity index is 1090. The minimum atomic E-state index is -0.204. The Kier molecular flexibility index (Phi) is 5.99. The van der Waals surface area contributed by atoms with Crippen molar-refractivity contribution in [2.24, 2.45) is 5.92 Å². The monoisotopic (exact) mass is 423 g/mol. The predicted octanol–water partition coefficient (Wildman–Crippen LogP) is 3.09. The third-order valence-electron chi connectivity index (χ3n) is 5.40. The summed E-state index contributed by atoms with van der Waals surface area (Å²) in [7, 11) is 1.88. The van der Waals surface area contributed by atoms with Gasteiger partial charge in [0, 0.05) is 37.6 Å². The molecule has 1 aromatic heterocycles. The molecule has 8 heteroatoms. The number of aromatic amines is 1. The maximum absolute atomic E-state index is 13.3. The van der Waals surface area contributed by atoms with Crippen LogP contribution in [0.15, 0.2) is 30.3 Å². The number of nitrogens with one attached hydrogen (secondary N) is 3. The third kappa shape index (κ3) is 4.44. The van der Waals surface area contributed by atoms with Crippen molar-refractivity contribution in [3.8, 4) is 11.5 Å². The van der Waals surface area contributed by atoms with Crippen LogP contribution in [0.3, 0.4) is 0 Å². The van der Waals surface area contributed by atoms with Crippen LogP contribution in [0, 0.1) is 5.92 Å². The Morgan fingerprint density at radius 3 is 2.84 bits per heavy atom. The normalized spacial score (nSPS) is 13.1. The van der Waals surface area contributed by atoms with Gasteiger partial charge in [0.15, 0.2) is 5.82 Å². The van der Waals surface area contributed by atoms with Gasteiger partial charge in [-0.1, -0.05) is 19.9 Å². The van der Waals surface area contributed by atoms with Crippen molar-refractivity contribution < 1.29 is 14.6 Å². The van der Waals surface area contributed by atoms with Gasteiger partial charge in [-0.3, -0.25) is 9.89 Å². The fourth-order valence-corrected chi connectivity index (χ4v) is 3.71. The molecule has 0 unspecified atom stereocenters. The van der Waals surface area contributed by atoms with Gasteiger partial charge in [-0.15, -0.1) is 0 Å². The van der Waals surface area contributed by atoms with E-state index in [2.05, 4.69) is 34.7 Å². The SMILES string of the molecule is CNCCOc1ccc2c(c1)CN(C(=O)c1cc3c(NCC(C)C)n[nH]c3cc1O)C2. The highest BCUT2D eigenvalue weighted by molar-refractivity contribution is 6.03. The molecular weight excluding hydrogens is 394 g/mol. The molecule has 1 amide bonds. The summed E-state index contributed by atoms with van der Waals surface area (Å²) in [6.07, 6.45) is 0. The second kappa shape index (κ2) is 8.85. The quantitative estimate of drug-likeness (QED) is 0.415. The molecule has 3 aromatic rings. The maximum Gasteiger partial charge on any atom is 0.258 e. The number of phenolic OH excluding ortho intramolecular Hbond substituents is 1. The number of anilines is 1. The van der Waals surface area contributed by atoms with E-state index < -0.39 is 0 Å². The van der Waals surface area contributed by atoms with Crippen LogP contribution in [0.1, 0.15) is 35.3 Å². The highest BCUT2D eigenvalue weighted by atomic mass is 16.5. The van der Waals surface area contributed by atoms with E-state index in [1.807, 2.05) is 25.2 Å². The minimum Gasteiger partial charge on any atom is -0.507 e. The molecule has 0 radical (unpaired) electrons. The zero-order valence-electron chi connectivity index (χ0n) is 18.2. The van der Waals surface area contributed by atoms with Crippen LogP contribution >= 0.6 is 0 Å². The molecule has 2 aromatic carbocycles. The Hall–Kier alpha value is -3.26. The number of benzene rings is 2. The summed E-state index contributed by atoms with van der Waals surface area (Å²) >= 11 is 0. The third-order valence-corrected chi connectivity index (χ3v) is 5.40. The first kappa shape index (κ1) is 21.0. The van der Waals surface area contributed by atoms with Crippen molar-refractivity contribution in [2.75, 3.05) is 32.1 Å². The number of rotatable bonds is 8. The summed E-state index contributed by atoms with van der Waals surface area (Å²) in [6.45, 7) is 7.35. The van der Waals surface area contributed by atoms with E-state index in [0.29, 0.717) is 36.9 Å². The lowest BCUT2D eigenvalue weighted by Crippen LogP contribution is -2.25. The van der Waals surface area contributed by atoms with Crippen LogP contribution < -0.4 is 15.4 Å². The van der Waals surface area contributed by atoms with Crippen molar-refractivity contribution in [1.82, 2.24) is 20.4 Å². The lowest BCUT2D eigenvalue weighted by atomic mass is 10.1. The first-order chi connectivity index (χ1) is 15.0. The summed E-state index contributed by atoms with van der Waals surface area (Å²) in [6, 6.07) is 9.21. The molecule has 4 N–H and O–H groups in total. The second-order valence-electron chi connectivity index (χ2n) is 8.31. The number of carbonyl (C=O) groups is 1. The number of amides is 1. The van der Waals surface area contributed by atoms with Crippen molar-refractivity contribution in [1.29, 1.82) is 0 Å². The number of H-pyrrole nitrogens is 1. The molecule has 0 saturated heterocycles. The smallest absolute Gasteiger partial charge is 0.258 e. The van der Waals surface area contributed by atoms with Gasteiger partial charge in [0.2, 0.25) is 0 Å². The fourth-order valence-electron chi connectivity index (χ4n) is 3.71. The van der Waals surface area contributed by atoms with Gasteiger partial charge in [-0.25, -0.2) is 0 Å². The number of hydrogen-bond donors (Lipinski definition) is 4. The number of likely N-dealkylation sites (N-methyl/N-ethyl adjacent to an activating group) is 1. The molecule has 0 saturated carbocycles. The Morgan fingerprint density at radius 2 is 2.06 bits per heavy atom. The zero-order valence-corrected chi connectivity index (χ0v) is 18.2. The second-order valence-corrected chi connectivity index (χ2v) is 8.31. The number of ether oxygens (including phenoxy) is 1. The Balaban J connectivity index is 1.53. The number of phenols is 1. The first-order valence-corrected chi connectivity index (χ1v) is 10.6. The van der Waals surface area contributed by atoms with Crippen LogP contribution in [0.5, 0.6) is 11.5 Å². The van der Waals surface area contributed by atoms with E-state index in [1.165, 1.54) is 0 Å². The Labute approximate surface area is 181 Å². The highest BCUT2D eigenvalue weighted by Crippen LogP contribution is 2.32. The van der Waals surface area contributed by atoms with Gasteiger partial charge in [0.05, 0.1) is 11.1 Å². The van der Waals surface area contributed by atoms with E-state index in [0.717, 1.165) is 35.4 Å². The molecule has 0 fully saturated rings. The van der Waals surface area contributed by atoms with Crippen LogP contribution in [0.25, 0.3) is 10.9 Å². The standard InChI is InChI=1S/C23H29N5O3/c1-14(2)11-25-22-18-9-19(21(29)10-20(18)26-27-22)23(30)28-12-15-4-5-17(8-16(15)13-28)31-7-6-24-3/h4-5,8-10,14,24,29H,6-7,11-13H2,1-3H3,(H2,25,26,27). The lowest BCUT2D eigenvalue weighted by molar-refractivity contribution is 0.0748. The van der Waals surface area contributed by atoms with Crippen molar-refractivity contribution in [3.63, 3.8) is 0 Å². The van der Waals surface area contributed by atoms with Gasteiger partial charge in [0.25, 0.3) is 5.91 Å². The molecule has 1 aliphatic heterocycles. The summed E-state index contributed by atoms with van der Waals surface area (Å²) in [4.78, 5) is 15.0. The molecule has 4 rings (SSSR count).